The Labute approximate surface area is 113 Å². The maximum absolute atomic E-state index is 5.91. The molecule has 0 aromatic carbocycles. The zero-order valence-electron chi connectivity index (χ0n) is 12.0. The molecule has 0 spiro atoms. The van der Waals surface area contributed by atoms with Gasteiger partial charge in [-0.25, -0.2) is 4.98 Å². The van der Waals surface area contributed by atoms with E-state index < -0.39 is 0 Å². The molecule has 2 aromatic rings. The van der Waals surface area contributed by atoms with E-state index in [2.05, 4.69) is 51.9 Å². The second-order valence-corrected chi connectivity index (χ2v) is 7.56. The van der Waals surface area contributed by atoms with Crippen molar-refractivity contribution in [3.8, 4) is 10.8 Å². The van der Waals surface area contributed by atoms with Crippen molar-refractivity contribution in [2.75, 3.05) is 0 Å². The zero-order chi connectivity index (χ0) is 13.6. The number of hydrogen-bond acceptors (Lipinski definition) is 3. The first-order valence-electron chi connectivity index (χ1n) is 6.24. The van der Waals surface area contributed by atoms with E-state index in [1.165, 1.54) is 0 Å². The van der Waals surface area contributed by atoms with E-state index in [0.717, 1.165) is 22.2 Å². The lowest BCUT2D eigenvalue weighted by atomic mass is 9.93. The van der Waals surface area contributed by atoms with Crippen LogP contribution in [-0.2, 0) is 10.8 Å². The van der Waals surface area contributed by atoms with Gasteiger partial charge in [-0.1, -0.05) is 41.5 Å². The fraction of sp³-hybridized carbons (Fsp3) is 0.533. The molecule has 0 unspecified atom stereocenters. The molecule has 0 N–H and O–H groups in total. The molecule has 0 saturated heterocycles. The molecule has 0 bridgehead atoms. The summed E-state index contributed by atoms with van der Waals surface area (Å²) in [4.78, 5) is 4.67. The smallest absolute Gasteiger partial charge is 0.162 e. The van der Waals surface area contributed by atoms with Crippen LogP contribution in [-0.4, -0.2) is 4.98 Å². The van der Waals surface area contributed by atoms with Crippen LogP contribution in [0.25, 0.3) is 10.8 Å². The molecule has 0 fully saturated rings. The molecule has 2 rings (SSSR count). The normalized spacial score (nSPS) is 13.0. The summed E-state index contributed by atoms with van der Waals surface area (Å²) in [5, 5.41) is 3.09. The molecule has 0 aliphatic rings. The molecule has 0 atom stereocenters. The van der Waals surface area contributed by atoms with Crippen molar-refractivity contribution in [1.29, 1.82) is 0 Å². The molecule has 0 aliphatic heterocycles. The maximum atomic E-state index is 5.91. The van der Waals surface area contributed by atoms with Gasteiger partial charge in [-0.2, -0.15) is 0 Å². The molecule has 98 valence electrons. The van der Waals surface area contributed by atoms with Gasteiger partial charge in [-0.05, 0) is 12.1 Å². The van der Waals surface area contributed by atoms with Crippen molar-refractivity contribution in [3.05, 3.63) is 29.0 Å². The highest BCUT2D eigenvalue weighted by Crippen LogP contribution is 2.33. The highest BCUT2D eigenvalue weighted by molar-refractivity contribution is 7.13. The average Bonchev–Trinajstić information content (AvgIpc) is 2.84. The van der Waals surface area contributed by atoms with E-state index in [4.69, 9.17) is 4.42 Å². The monoisotopic (exact) mass is 263 g/mol. The molecule has 0 radical (unpaired) electrons. The van der Waals surface area contributed by atoms with Crippen molar-refractivity contribution in [1.82, 2.24) is 4.98 Å². The molecule has 2 aromatic heterocycles. The fourth-order valence-electron chi connectivity index (χ4n) is 1.59. The molecular weight excluding hydrogens is 242 g/mol. The largest absolute Gasteiger partial charge is 0.458 e. The van der Waals surface area contributed by atoms with E-state index in [1.807, 2.05) is 12.1 Å². The predicted octanol–water partition coefficient (Wildman–Crippen LogP) is 5.00. The lowest BCUT2D eigenvalue weighted by Gasteiger charge is -2.14. The van der Waals surface area contributed by atoms with Gasteiger partial charge in [0.2, 0.25) is 0 Å². The van der Waals surface area contributed by atoms with E-state index in [-0.39, 0.29) is 10.8 Å². The molecule has 3 heteroatoms. The van der Waals surface area contributed by atoms with Gasteiger partial charge >= 0.3 is 0 Å². The average molecular weight is 263 g/mol. The summed E-state index contributed by atoms with van der Waals surface area (Å²) >= 11 is 1.65. The van der Waals surface area contributed by atoms with Gasteiger partial charge < -0.3 is 4.42 Å². The Balaban J connectivity index is 2.33. The second kappa shape index (κ2) is 4.23. The van der Waals surface area contributed by atoms with Crippen LogP contribution < -0.4 is 0 Å². The van der Waals surface area contributed by atoms with Crippen LogP contribution >= 0.6 is 11.3 Å². The minimum Gasteiger partial charge on any atom is -0.458 e. The van der Waals surface area contributed by atoms with Crippen LogP contribution in [0.4, 0.5) is 0 Å². The summed E-state index contributed by atoms with van der Waals surface area (Å²) in [5.41, 5.74) is 1.26. The Hall–Kier alpha value is -1.09. The Morgan fingerprint density at radius 2 is 1.67 bits per heavy atom. The first-order valence-corrected chi connectivity index (χ1v) is 7.12. The van der Waals surface area contributed by atoms with Crippen molar-refractivity contribution in [2.45, 2.75) is 52.4 Å². The Bertz CT molecular complexity index is 487. The topological polar surface area (TPSA) is 26.0 Å². The first kappa shape index (κ1) is 13.3. The van der Waals surface area contributed by atoms with Crippen LogP contribution in [0, 0.1) is 0 Å². The van der Waals surface area contributed by atoms with E-state index in [9.17, 15) is 0 Å². The standard InChI is InChI=1S/C15H21NOS/c1-14(2,3)11-9-18-13(16-11)10-7-8-12(17-10)15(4,5)6/h7-9H,1-6H3. The van der Waals surface area contributed by atoms with Crippen molar-refractivity contribution < 1.29 is 4.42 Å². The number of rotatable bonds is 1. The molecular formula is C15H21NOS. The fourth-order valence-corrected chi connectivity index (χ4v) is 2.59. The minimum atomic E-state index is 0.0440. The van der Waals surface area contributed by atoms with Crippen molar-refractivity contribution in [3.63, 3.8) is 0 Å². The number of nitrogens with zero attached hydrogens (tertiary/aromatic N) is 1. The van der Waals surface area contributed by atoms with Crippen LogP contribution in [0.2, 0.25) is 0 Å². The van der Waals surface area contributed by atoms with Gasteiger partial charge in [0.25, 0.3) is 0 Å². The predicted molar refractivity (Wildman–Crippen MR) is 77.2 cm³/mol. The van der Waals surface area contributed by atoms with Gasteiger partial charge in [0.05, 0.1) is 5.69 Å². The summed E-state index contributed by atoms with van der Waals surface area (Å²) in [6, 6.07) is 4.07. The van der Waals surface area contributed by atoms with Gasteiger partial charge in [0.15, 0.2) is 10.8 Å². The molecule has 0 amide bonds. The zero-order valence-corrected chi connectivity index (χ0v) is 12.8. The molecule has 0 aliphatic carbocycles. The second-order valence-electron chi connectivity index (χ2n) is 6.70. The number of aromatic nitrogens is 1. The summed E-state index contributed by atoms with van der Waals surface area (Å²) in [5.74, 6) is 1.88. The SMILES string of the molecule is CC(C)(C)c1csc(-c2ccc(C(C)(C)C)o2)n1. The third-order valence-electron chi connectivity index (χ3n) is 2.83. The summed E-state index contributed by atoms with van der Waals surface area (Å²) in [7, 11) is 0. The van der Waals surface area contributed by atoms with E-state index >= 15 is 0 Å². The number of hydrogen-bond donors (Lipinski definition) is 0. The summed E-state index contributed by atoms with van der Waals surface area (Å²) in [6.07, 6.45) is 0. The van der Waals surface area contributed by atoms with Crippen LogP contribution in [0.15, 0.2) is 21.9 Å². The lowest BCUT2D eigenvalue weighted by Crippen LogP contribution is -2.11. The third-order valence-corrected chi connectivity index (χ3v) is 3.69. The van der Waals surface area contributed by atoms with Gasteiger partial charge in [0, 0.05) is 16.2 Å². The summed E-state index contributed by atoms with van der Waals surface area (Å²) in [6.45, 7) is 13.0. The third kappa shape index (κ3) is 2.66. The van der Waals surface area contributed by atoms with Gasteiger partial charge in [0.1, 0.15) is 5.76 Å². The Morgan fingerprint density at radius 3 is 2.11 bits per heavy atom. The highest BCUT2D eigenvalue weighted by atomic mass is 32.1. The first-order chi connectivity index (χ1) is 8.18. The van der Waals surface area contributed by atoms with Crippen LogP contribution in [0.3, 0.4) is 0 Å². The van der Waals surface area contributed by atoms with Crippen LogP contribution in [0.5, 0.6) is 0 Å². The summed E-state index contributed by atoms with van der Waals surface area (Å²) < 4.78 is 5.91. The molecule has 0 saturated carbocycles. The maximum Gasteiger partial charge on any atom is 0.162 e. The molecule has 2 heterocycles. The Morgan fingerprint density at radius 1 is 1.00 bits per heavy atom. The van der Waals surface area contributed by atoms with E-state index in [0.29, 0.717) is 0 Å². The minimum absolute atomic E-state index is 0.0440. The van der Waals surface area contributed by atoms with E-state index in [1.54, 1.807) is 11.3 Å². The molecule has 18 heavy (non-hydrogen) atoms. The number of thiazole rings is 1. The number of furan rings is 1. The highest BCUT2D eigenvalue weighted by Gasteiger charge is 2.21. The van der Waals surface area contributed by atoms with Crippen molar-refractivity contribution >= 4 is 11.3 Å². The van der Waals surface area contributed by atoms with Gasteiger partial charge in [-0.15, -0.1) is 11.3 Å². The molecule has 2 nitrogen and oxygen atoms in total. The Kier molecular flexibility index (Phi) is 3.14. The van der Waals surface area contributed by atoms with Crippen LogP contribution in [0.1, 0.15) is 53.0 Å². The van der Waals surface area contributed by atoms with Gasteiger partial charge in [-0.3, -0.25) is 0 Å². The lowest BCUT2D eigenvalue weighted by molar-refractivity contribution is 0.416. The quantitative estimate of drug-likeness (QED) is 0.723. The van der Waals surface area contributed by atoms with Crippen molar-refractivity contribution in [2.24, 2.45) is 0 Å².